The van der Waals surface area contributed by atoms with Gasteiger partial charge in [0.25, 0.3) is 5.91 Å². The molecule has 5 nitrogen and oxygen atoms in total. The quantitative estimate of drug-likeness (QED) is 0.844. The highest BCUT2D eigenvalue weighted by atomic mass is 32.1. The maximum Gasteiger partial charge on any atom is 0.271 e. The SMILES string of the molecule is Cc1nc(C(=O)N[C@@H]2CCCCNC2=O)c(C)s1. The second-order valence-electron chi connectivity index (χ2n) is 4.45. The van der Waals surface area contributed by atoms with E-state index in [1.165, 1.54) is 11.3 Å². The molecule has 1 aromatic heterocycles. The molecule has 1 aromatic rings. The maximum atomic E-state index is 12.1. The highest BCUT2D eigenvalue weighted by Gasteiger charge is 2.24. The topological polar surface area (TPSA) is 71.1 Å². The number of rotatable bonds is 2. The van der Waals surface area contributed by atoms with Crippen molar-refractivity contribution in [2.45, 2.75) is 39.2 Å². The Morgan fingerprint density at radius 1 is 1.44 bits per heavy atom. The number of carbonyl (C=O) groups excluding carboxylic acids is 2. The number of nitrogens with zero attached hydrogens (tertiary/aromatic N) is 1. The third kappa shape index (κ3) is 2.87. The van der Waals surface area contributed by atoms with Crippen LogP contribution >= 0.6 is 11.3 Å². The Balaban J connectivity index is 2.06. The number of aryl methyl sites for hydroxylation is 2. The zero-order valence-electron chi connectivity index (χ0n) is 10.6. The van der Waals surface area contributed by atoms with Gasteiger partial charge in [-0.25, -0.2) is 4.98 Å². The molecule has 1 aliphatic heterocycles. The number of hydrogen-bond acceptors (Lipinski definition) is 4. The fourth-order valence-corrected chi connectivity index (χ4v) is 2.86. The van der Waals surface area contributed by atoms with Crippen LogP contribution in [0, 0.1) is 13.8 Å². The summed E-state index contributed by atoms with van der Waals surface area (Å²) in [6.07, 6.45) is 2.60. The van der Waals surface area contributed by atoms with E-state index in [0.29, 0.717) is 18.7 Å². The predicted molar refractivity (Wildman–Crippen MR) is 69.7 cm³/mol. The van der Waals surface area contributed by atoms with Gasteiger partial charge >= 0.3 is 0 Å². The summed E-state index contributed by atoms with van der Waals surface area (Å²) < 4.78 is 0. The minimum Gasteiger partial charge on any atom is -0.354 e. The van der Waals surface area contributed by atoms with E-state index in [9.17, 15) is 9.59 Å². The van der Waals surface area contributed by atoms with Crippen LogP contribution in [-0.4, -0.2) is 29.4 Å². The van der Waals surface area contributed by atoms with Crippen LogP contribution in [0.4, 0.5) is 0 Å². The van der Waals surface area contributed by atoms with E-state index in [-0.39, 0.29) is 11.8 Å². The first-order chi connectivity index (χ1) is 8.58. The highest BCUT2D eigenvalue weighted by molar-refractivity contribution is 7.11. The van der Waals surface area contributed by atoms with E-state index in [2.05, 4.69) is 15.6 Å². The summed E-state index contributed by atoms with van der Waals surface area (Å²) in [5, 5.41) is 6.44. The van der Waals surface area contributed by atoms with E-state index in [1.807, 2.05) is 13.8 Å². The Morgan fingerprint density at radius 2 is 2.22 bits per heavy atom. The van der Waals surface area contributed by atoms with Crippen LogP contribution in [-0.2, 0) is 4.79 Å². The standard InChI is InChI=1S/C12H17N3O2S/c1-7-10(14-8(2)18-7)12(17)15-9-5-3-4-6-13-11(9)16/h9H,3-6H2,1-2H3,(H,13,16)(H,15,17)/t9-/m1/s1. The largest absolute Gasteiger partial charge is 0.354 e. The first kappa shape index (κ1) is 13.0. The Hall–Kier alpha value is -1.43. The summed E-state index contributed by atoms with van der Waals surface area (Å²) in [6.45, 7) is 4.43. The maximum absolute atomic E-state index is 12.1. The average Bonchev–Trinajstić information content (AvgIpc) is 2.52. The lowest BCUT2D eigenvalue weighted by atomic mass is 10.1. The average molecular weight is 267 g/mol. The van der Waals surface area contributed by atoms with Crippen molar-refractivity contribution in [3.05, 3.63) is 15.6 Å². The van der Waals surface area contributed by atoms with Crippen LogP contribution in [0.2, 0.25) is 0 Å². The van der Waals surface area contributed by atoms with Gasteiger partial charge in [-0.15, -0.1) is 11.3 Å². The van der Waals surface area contributed by atoms with Crippen LogP contribution in [0.25, 0.3) is 0 Å². The van der Waals surface area contributed by atoms with Crippen LogP contribution < -0.4 is 10.6 Å². The Labute approximate surface area is 110 Å². The minimum atomic E-state index is -0.429. The molecule has 2 rings (SSSR count). The van der Waals surface area contributed by atoms with Gasteiger partial charge < -0.3 is 10.6 Å². The number of aromatic nitrogens is 1. The normalized spacial score (nSPS) is 20.1. The lowest BCUT2D eigenvalue weighted by Gasteiger charge is -2.14. The van der Waals surface area contributed by atoms with Crippen LogP contribution in [0.3, 0.4) is 0 Å². The van der Waals surface area contributed by atoms with Crippen LogP contribution in [0.1, 0.15) is 39.6 Å². The van der Waals surface area contributed by atoms with Gasteiger partial charge in [-0.3, -0.25) is 9.59 Å². The van der Waals surface area contributed by atoms with E-state index in [4.69, 9.17) is 0 Å². The molecule has 0 saturated carbocycles. The summed E-state index contributed by atoms with van der Waals surface area (Å²) in [6, 6.07) is -0.429. The molecule has 1 atom stereocenters. The molecular formula is C12H17N3O2S. The second kappa shape index (κ2) is 5.48. The molecule has 1 aliphatic rings. The van der Waals surface area contributed by atoms with Crippen molar-refractivity contribution in [1.82, 2.24) is 15.6 Å². The summed E-state index contributed by atoms with van der Waals surface area (Å²) in [5.41, 5.74) is 0.439. The molecule has 6 heteroatoms. The van der Waals surface area contributed by atoms with Gasteiger partial charge in [0.15, 0.2) is 0 Å². The predicted octanol–water partition coefficient (Wildman–Crippen LogP) is 1.16. The fraction of sp³-hybridized carbons (Fsp3) is 0.583. The third-order valence-corrected chi connectivity index (χ3v) is 3.85. The summed E-state index contributed by atoms with van der Waals surface area (Å²) in [5.74, 6) is -0.343. The van der Waals surface area contributed by atoms with E-state index in [0.717, 1.165) is 22.7 Å². The molecule has 0 bridgehead atoms. The lowest BCUT2D eigenvalue weighted by Crippen LogP contribution is -2.45. The van der Waals surface area contributed by atoms with Gasteiger partial charge in [0.2, 0.25) is 5.91 Å². The van der Waals surface area contributed by atoms with Crippen molar-refractivity contribution in [3.63, 3.8) is 0 Å². The molecule has 0 spiro atoms. The zero-order chi connectivity index (χ0) is 13.1. The highest BCUT2D eigenvalue weighted by Crippen LogP contribution is 2.16. The van der Waals surface area contributed by atoms with Gasteiger partial charge in [0.05, 0.1) is 5.01 Å². The molecule has 2 amide bonds. The first-order valence-corrected chi connectivity index (χ1v) is 6.92. The van der Waals surface area contributed by atoms with Crippen molar-refractivity contribution in [2.75, 3.05) is 6.54 Å². The minimum absolute atomic E-state index is 0.0922. The Bertz CT molecular complexity index is 470. The first-order valence-electron chi connectivity index (χ1n) is 6.10. The summed E-state index contributed by atoms with van der Waals surface area (Å²) in [4.78, 5) is 28.9. The van der Waals surface area contributed by atoms with Crippen molar-refractivity contribution in [2.24, 2.45) is 0 Å². The number of thiazole rings is 1. The molecule has 0 aromatic carbocycles. The van der Waals surface area contributed by atoms with Crippen molar-refractivity contribution < 1.29 is 9.59 Å². The number of hydrogen-bond donors (Lipinski definition) is 2. The van der Waals surface area contributed by atoms with E-state index >= 15 is 0 Å². The van der Waals surface area contributed by atoms with Crippen molar-refractivity contribution in [3.8, 4) is 0 Å². The van der Waals surface area contributed by atoms with Crippen molar-refractivity contribution >= 4 is 23.2 Å². The van der Waals surface area contributed by atoms with Gasteiger partial charge in [-0.2, -0.15) is 0 Å². The zero-order valence-corrected chi connectivity index (χ0v) is 11.4. The van der Waals surface area contributed by atoms with Gasteiger partial charge in [-0.1, -0.05) is 0 Å². The Kier molecular flexibility index (Phi) is 3.96. The van der Waals surface area contributed by atoms with Gasteiger partial charge in [0, 0.05) is 11.4 Å². The third-order valence-electron chi connectivity index (χ3n) is 2.96. The lowest BCUT2D eigenvalue weighted by molar-refractivity contribution is -0.122. The number of nitrogens with one attached hydrogen (secondary N) is 2. The van der Waals surface area contributed by atoms with E-state index in [1.54, 1.807) is 0 Å². The molecule has 0 aliphatic carbocycles. The van der Waals surface area contributed by atoms with Crippen LogP contribution in [0.5, 0.6) is 0 Å². The van der Waals surface area contributed by atoms with Gasteiger partial charge in [0.1, 0.15) is 11.7 Å². The fourth-order valence-electron chi connectivity index (χ4n) is 2.04. The molecule has 2 heterocycles. The van der Waals surface area contributed by atoms with Crippen molar-refractivity contribution in [1.29, 1.82) is 0 Å². The van der Waals surface area contributed by atoms with Gasteiger partial charge in [-0.05, 0) is 33.1 Å². The number of amides is 2. The summed E-state index contributed by atoms with van der Waals surface area (Å²) >= 11 is 1.49. The number of carbonyl (C=O) groups is 2. The Morgan fingerprint density at radius 3 is 2.89 bits per heavy atom. The smallest absolute Gasteiger partial charge is 0.271 e. The molecular weight excluding hydrogens is 250 g/mol. The summed E-state index contributed by atoms with van der Waals surface area (Å²) in [7, 11) is 0. The molecule has 0 unspecified atom stereocenters. The molecule has 98 valence electrons. The molecule has 1 fully saturated rings. The molecule has 0 radical (unpaired) electrons. The monoisotopic (exact) mass is 267 g/mol. The van der Waals surface area contributed by atoms with E-state index < -0.39 is 6.04 Å². The molecule has 18 heavy (non-hydrogen) atoms. The second-order valence-corrected chi connectivity index (χ2v) is 5.86. The molecule has 1 saturated heterocycles. The van der Waals surface area contributed by atoms with Crippen LogP contribution in [0.15, 0.2) is 0 Å². The molecule has 2 N–H and O–H groups in total.